The van der Waals surface area contributed by atoms with E-state index in [-0.39, 0.29) is 7.92 Å². The summed E-state index contributed by atoms with van der Waals surface area (Å²) in [7, 11) is -0.373. The van der Waals surface area contributed by atoms with Crippen LogP contribution in [0.25, 0.3) is 0 Å². The van der Waals surface area contributed by atoms with Gasteiger partial charge in [-0.25, -0.2) is 0 Å². The molecule has 0 atom stereocenters. The van der Waals surface area contributed by atoms with Crippen LogP contribution in [0.4, 0.5) is 0 Å². The van der Waals surface area contributed by atoms with Gasteiger partial charge < -0.3 is 0 Å². The lowest BCUT2D eigenvalue weighted by atomic mass is 10.4. The SMILES string of the molecule is c1ccc(P(Cc2ccn[nH]2)c2ccccc2)cc1. The van der Waals surface area contributed by atoms with Crippen LogP contribution in [-0.4, -0.2) is 10.2 Å². The van der Waals surface area contributed by atoms with Crippen molar-refractivity contribution in [2.45, 2.75) is 6.16 Å². The summed E-state index contributed by atoms with van der Waals surface area (Å²) in [5.41, 5.74) is 1.19. The standard InChI is InChI=1S/C16H15N2P/c1-3-7-15(8-4-1)19(13-14-11-12-17-18-14)16-9-5-2-6-10-16/h1-12H,13H2,(H,17,18). The van der Waals surface area contributed by atoms with E-state index in [1.54, 1.807) is 0 Å². The van der Waals surface area contributed by atoms with E-state index < -0.39 is 0 Å². The molecule has 3 aromatic rings. The summed E-state index contributed by atoms with van der Waals surface area (Å²) in [5.74, 6) is 0. The maximum atomic E-state index is 4.05. The minimum Gasteiger partial charge on any atom is -0.282 e. The van der Waals surface area contributed by atoms with E-state index in [1.165, 1.54) is 16.3 Å². The molecule has 1 N–H and O–H groups in total. The van der Waals surface area contributed by atoms with Crippen molar-refractivity contribution in [2.24, 2.45) is 0 Å². The average molecular weight is 266 g/mol. The summed E-state index contributed by atoms with van der Waals surface area (Å²) in [6.45, 7) is 0. The highest BCUT2D eigenvalue weighted by Gasteiger charge is 2.14. The normalized spacial score (nSPS) is 10.8. The van der Waals surface area contributed by atoms with Gasteiger partial charge in [-0.15, -0.1) is 0 Å². The molecule has 0 saturated carbocycles. The van der Waals surface area contributed by atoms with E-state index in [0.717, 1.165) is 6.16 Å². The van der Waals surface area contributed by atoms with Gasteiger partial charge in [-0.1, -0.05) is 60.7 Å². The van der Waals surface area contributed by atoms with Gasteiger partial charge in [0, 0.05) is 18.1 Å². The topological polar surface area (TPSA) is 28.7 Å². The van der Waals surface area contributed by atoms with Gasteiger partial charge in [0.2, 0.25) is 0 Å². The molecule has 0 aliphatic heterocycles. The van der Waals surface area contributed by atoms with E-state index in [2.05, 4.69) is 76.9 Å². The zero-order valence-corrected chi connectivity index (χ0v) is 11.4. The second-order valence-corrected chi connectivity index (χ2v) is 6.54. The predicted octanol–water partition coefficient (Wildman–Crippen LogP) is 3.04. The largest absolute Gasteiger partial charge is 0.282 e. The van der Waals surface area contributed by atoms with E-state index >= 15 is 0 Å². The van der Waals surface area contributed by atoms with Crippen molar-refractivity contribution >= 4 is 18.5 Å². The van der Waals surface area contributed by atoms with Crippen molar-refractivity contribution in [2.75, 3.05) is 0 Å². The monoisotopic (exact) mass is 266 g/mol. The first-order valence-corrected chi connectivity index (χ1v) is 7.82. The van der Waals surface area contributed by atoms with Gasteiger partial charge in [0.05, 0.1) is 0 Å². The molecular formula is C16H15N2P. The Morgan fingerprint density at radius 3 is 1.84 bits per heavy atom. The zero-order chi connectivity index (χ0) is 12.9. The number of nitrogens with zero attached hydrogens (tertiary/aromatic N) is 1. The Labute approximate surface area is 114 Å². The first-order chi connectivity index (χ1) is 9.43. The van der Waals surface area contributed by atoms with Crippen molar-refractivity contribution in [1.82, 2.24) is 10.2 Å². The van der Waals surface area contributed by atoms with Crippen molar-refractivity contribution in [1.29, 1.82) is 0 Å². The Morgan fingerprint density at radius 1 is 0.789 bits per heavy atom. The summed E-state index contributed by atoms with van der Waals surface area (Å²) in [6, 6.07) is 23.5. The summed E-state index contributed by atoms with van der Waals surface area (Å²) in [4.78, 5) is 0. The quantitative estimate of drug-likeness (QED) is 0.722. The lowest BCUT2D eigenvalue weighted by molar-refractivity contribution is 1.04. The van der Waals surface area contributed by atoms with Crippen molar-refractivity contribution in [3.63, 3.8) is 0 Å². The molecule has 0 aliphatic carbocycles. The first-order valence-electron chi connectivity index (χ1n) is 6.29. The van der Waals surface area contributed by atoms with Crippen LogP contribution in [0.3, 0.4) is 0 Å². The van der Waals surface area contributed by atoms with Gasteiger partial charge in [0.25, 0.3) is 0 Å². The number of benzene rings is 2. The van der Waals surface area contributed by atoms with E-state index in [0.29, 0.717) is 0 Å². The van der Waals surface area contributed by atoms with Crippen LogP contribution in [0.15, 0.2) is 72.9 Å². The highest BCUT2D eigenvalue weighted by Crippen LogP contribution is 2.36. The van der Waals surface area contributed by atoms with Crippen molar-refractivity contribution in [3.8, 4) is 0 Å². The zero-order valence-electron chi connectivity index (χ0n) is 10.5. The maximum absolute atomic E-state index is 4.05. The molecule has 0 spiro atoms. The van der Waals surface area contributed by atoms with Gasteiger partial charge in [0.15, 0.2) is 0 Å². The fraction of sp³-hybridized carbons (Fsp3) is 0.0625. The lowest BCUT2D eigenvalue weighted by Gasteiger charge is -2.17. The van der Waals surface area contributed by atoms with Gasteiger partial charge in [-0.05, 0) is 24.6 Å². The Hall–Kier alpha value is -1.92. The lowest BCUT2D eigenvalue weighted by Crippen LogP contribution is -2.13. The number of hydrogen-bond donors (Lipinski definition) is 1. The molecule has 2 nitrogen and oxygen atoms in total. The highest BCUT2D eigenvalue weighted by molar-refractivity contribution is 7.72. The Bertz CT molecular complexity index is 566. The number of rotatable bonds is 4. The molecule has 94 valence electrons. The van der Waals surface area contributed by atoms with Crippen LogP contribution in [-0.2, 0) is 6.16 Å². The fourth-order valence-electron chi connectivity index (χ4n) is 2.09. The number of aromatic nitrogens is 2. The van der Waals surface area contributed by atoms with Gasteiger partial charge >= 0.3 is 0 Å². The van der Waals surface area contributed by atoms with Crippen LogP contribution >= 0.6 is 7.92 Å². The minimum absolute atomic E-state index is 0.373. The van der Waals surface area contributed by atoms with Crippen molar-refractivity contribution < 1.29 is 0 Å². The van der Waals surface area contributed by atoms with Crippen LogP contribution in [0.1, 0.15) is 5.69 Å². The molecule has 3 rings (SSSR count). The highest BCUT2D eigenvalue weighted by atomic mass is 31.1. The fourth-order valence-corrected chi connectivity index (χ4v) is 4.33. The van der Waals surface area contributed by atoms with Gasteiger partial charge in [-0.2, -0.15) is 5.10 Å². The van der Waals surface area contributed by atoms with Gasteiger partial charge in [-0.3, -0.25) is 5.10 Å². The third-order valence-electron chi connectivity index (χ3n) is 3.02. The molecule has 0 radical (unpaired) electrons. The molecule has 3 heteroatoms. The van der Waals surface area contributed by atoms with E-state index in [9.17, 15) is 0 Å². The third-order valence-corrected chi connectivity index (χ3v) is 5.52. The first kappa shape index (κ1) is 12.1. The van der Waals surface area contributed by atoms with Crippen LogP contribution in [0, 0.1) is 0 Å². The summed E-state index contributed by atoms with van der Waals surface area (Å²) >= 11 is 0. The maximum Gasteiger partial charge on any atom is 0.0490 e. The van der Waals surface area contributed by atoms with Crippen LogP contribution in [0.5, 0.6) is 0 Å². The molecule has 0 saturated heterocycles. The van der Waals surface area contributed by atoms with Crippen molar-refractivity contribution in [3.05, 3.63) is 78.6 Å². The summed E-state index contributed by atoms with van der Waals surface area (Å²) < 4.78 is 0. The average Bonchev–Trinajstić information content (AvgIpc) is 3.00. The molecule has 1 aromatic heterocycles. The molecule has 0 fully saturated rings. The molecule has 2 aromatic carbocycles. The Morgan fingerprint density at radius 2 is 1.37 bits per heavy atom. The molecule has 1 heterocycles. The second kappa shape index (κ2) is 5.81. The second-order valence-electron chi connectivity index (χ2n) is 4.34. The Balaban J connectivity index is 1.96. The molecule has 0 aliphatic rings. The summed E-state index contributed by atoms with van der Waals surface area (Å²) in [5, 5.41) is 9.92. The molecule has 0 unspecified atom stereocenters. The molecular weight excluding hydrogens is 251 g/mol. The van der Waals surface area contributed by atoms with Crippen LogP contribution < -0.4 is 10.6 Å². The van der Waals surface area contributed by atoms with E-state index in [1.807, 2.05) is 6.20 Å². The Kier molecular flexibility index (Phi) is 3.71. The van der Waals surface area contributed by atoms with E-state index in [4.69, 9.17) is 0 Å². The minimum atomic E-state index is -0.373. The number of aromatic amines is 1. The number of hydrogen-bond acceptors (Lipinski definition) is 1. The third kappa shape index (κ3) is 2.91. The number of H-pyrrole nitrogens is 1. The predicted molar refractivity (Wildman–Crippen MR) is 81.4 cm³/mol. The molecule has 0 bridgehead atoms. The van der Waals surface area contributed by atoms with Gasteiger partial charge in [0.1, 0.15) is 0 Å². The molecule has 0 amide bonds. The smallest absolute Gasteiger partial charge is 0.0490 e. The summed E-state index contributed by atoms with van der Waals surface area (Å²) in [6.07, 6.45) is 2.82. The van der Waals surface area contributed by atoms with Crippen LogP contribution in [0.2, 0.25) is 0 Å². The number of nitrogens with one attached hydrogen (secondary N) is 1. The molecule has 19 heavy (non-hydrogen) atoms.